The molecule has 0 unspecified atom stereocenters. The number of aryl methyl sites for hydroxylation is 2. The number of anilines is 2. The Morgan fingerprint density at radius 2 is 1.67 bits per heavy atom. The molecule has 5 nitrogen and oxygen atoms in total. The van der Waals surface area contributed by atoms with Gasteiger partial charge in [0.1, 0.15) is 0 Å². The second-order valence-corrected chi connectivity index (χ2v) is 4.75. The maximum atomic E-state index is 10.8. The molecule has 0 aliphatic carbocycles. The van der Waals surface area contributed by atoms with Gasteiger partial charge in [-0.2, -0.15) is 0 Å². The normalized spacial score (nSPS) is 15.9. The summed E-state index contributed by atoms with van der Waals surface area (Å²) in [5, 5.41) is 8.91. The molecule has 0 spiro atoms. The van der Waals surface area contributed by atoms with Crippen molar-refractivity contribution < 1.29 is 9.90 Å². The molecule has 1 aliphatic heterocycles. The minimum absolute atomic E-state index is 0.553. The van der Waals surface area contributed by atoms with Crippen LogP contribution in [0.5, 0.6) is 0 Å². The monoisotopic (exact) mass is 249 g/mol. The molecule has 1 aromatic rings. The molecule has 5 heteroatoms. The second-order valence-electron chi connectivity index (χ2n) is 4.75. The van der Waals surface area contributed by atoms with Crippen LogP contribution in [0.2, 0.25) is 0 Å². The minimum atomic E-state index is -0.834. The molecule has 1 aliphatic rings. The number of nitrogen functional groups attached to an aromatic ring is 1. The number of carboxylic acid groups (broad SMARTS) is 1. The summed E-state index contributed by atoms with van der Waals surface area (Å²) in [4.78, 5) is 14.5. The molecule has 0 saturated carbocycles. The maximum absolute atomic E-state index is 10.8. The lowest BCUT2D eigenvalue weighted by molar-refractivity contribution is 0.142. The Hall–Kier alpha value is -1.91. The first kappa shape index (κ1) is 12.5. The van der Waals surface area contributed by atoms with Crippen molar-refractivity contribution in [2.24, 2.45) is 0 Å². The Labute approximate surface area is 107 Å². The molecule has 1 amide bonds. The molecule has 0 radical (unpaired) electrons. The van der Waals surface area contributed by atoms with Gasteiger partial charge in [0.05, 0.1) is 0 Å². The van der Waals surface area contributed by atoms with Crippen LogP contribution in [0, 0.1) is 13.8 Å². The number of rotatable bonds is 1. The van der Waals surface area contributed by atoms with Crippen LogP contribution in [0.25, 0.3) is 0 Å². The highest BCUT2D eigenvalue weighted by atomic mass is 16.4. The average Bonchev–Trinajstić information content (AvgIpc) is 2.35. The Balaban J connectivity index is 2.12. The highest BCUT2D eigenvalue weighted by Gasteiger charge is 2.20. The third-order valence-corrected chi connectivity index (χ3v) is 3.49. The fourth-order valence-corrected chi connectivity index (χ4v) is 2.29. The van der Waals surface area contributed by atoms with E-state index in [-0.39, 0.29) is 0 Å². The smallest absolute Gasteiger partial charge is 0.407 e. The first-order chi connectivity index (χ1) is 8.49. The van der Waals surface area contributed by atoms with Crippen molar-refractivity contribution in [1.82, 2.24) is 4.90 Å². The minimum Gasteiger partial charge on any atom is -0.465 e. The molecule has 98 valence electrons. The Morgan fingerprint density at radius 1 is 1.17 bits per heavy atom. The number of hydrogen-bond donors (Lipinski definition) is 2. The third-order valence-electron chi connectivity index (χ3n) is 3.49. The number of amides is 1. The summed E-state index contributed by atoms with van der Waals surface area (Å²) in [6, 6.07) is 4.14. The van der Waals surface area contributed by atoms with E-state index in [1.165, 1.54) is 4.90 Å². The molecule has 0 bridgehead atoms. The van der Waals surface area contributed by atoms with Gasteiger partial charge in [0.25, 0.3) is 0 Å². The summed E-state index contributed by atoms with van der Waals surface area (Å²) >= 11 is 0. The molecule has 1 heterocycles. The molecular formula is C13H19N3O2. The summed E-state index contributed by atoms with van der Waals surface area (Å²) in [5.41, 5.74) is 10.1. The summed E-state index contributed by atoms with van der Waals surface area (Å²) in [6.45, 7) is 6.57. The van der Waals surface area contributed by atoms with Crippen molar-refractivity contribution in [2.75, 3.05) is 36.8 Å². The van der Waals surface area contributed by atoms with E-state index < -0.39 is 6.09 Å². The van der Waals surface area contributed by atoms with E-state index in [0.29, 0.717) is 13.1 Å². The van der Waals surface area contributed by atoms with Crippen LogP contribution in [-0.4, -0.2) is 42.3 Å². The number of hydrogen-bond acceptors (Lipinski definition) is 3. The lowest BCUT2D eigenvalue weighted by atomic mass is 10.1. The van der Waals surface area contributed by atoms with Gasteiger partial charge in [-0.3, -0.25) is 0 Å². The van der Waals surface area contributed by atoms with Gasteiger partial charge in [0, 0.05) is 37.6 Å². The zero-order chi connectivity index (χ0) is 13.3. The maximum Gasteiger partial charge on any atom is 0.407 e. The van der Waals surface area contributed by atoms with Crippen LogP contribution >= 0.6 is 0 Å². The quantitative estimate of drug-likeness (QED) is 0.743. The van der Waals surface area contributed by atoms with Crippen LogP contribution in [-0.2, 0) is 0 Å². The zero-order valence-corrected chi connectivity index (χ0v) is 10.8. The summed E-state index contributed by atoms with van der Waals surface area (Å²) < 4.78 is 0. The number of piperazine rings is 1. The third kappa shape index (κ3) is 2.34. The Kier molecular flexibility index (Phi) is 3.32. The summed E-state index contributed by atoms with van der Waals surface area (Å²) in [5.74, 6) is 0. The van der Waals surface area contributed by atoms with Gasteiger partial charge in [-0.1, -0.05) is 0 Å². The average molecular weight is 249 g/mol. The topological polar surface area (TPSA) is 69.8 Å². The van der Waals surface area contributed by atoms with Crippen LogP contribution in [0.15, 0.2) is 12.1 Å². The molecule has 1 aromatic carbocycles. The SMILES string of the molecule is Cc1cc(N2CCN(C(=O)O)CC2)cc(C)c1N. The van der Waals surface area contributed by atoms with Gasteiger partial charge in [-0.25, -0.2) is 4.79 Å². The van der Waals surface area contributed by atoms with Crippen LogP contribution in [0.4, 0.5) is 16.2 Å². The van der Waals surface area contributed by atoms with Gasteiger partial charge in [0.15, 0.2) is 0 Å². The van der Waals surface area contributed by atoms with E-state index >= 15 is 0 Å². The van der Waals surface area contributed by atoms with E-state index in [2.05, 4.69) is 17.0 Å². The molecule has 1 fully saturated rings. The molecule has 18 heavy (non-hydrogen) atoms. The van der Waals surface area contributed by atoms with E-state index in [4.69, 9.17) is 10.8 Å². The van der Waals surface area contributed by atoms with Gasteiger partial charge in [-0.15, -0.1) is 0 Å². The van der Waals surface area contributed by atoms with E-state index in [1.54, 1.807) is 0 Å². The first-order valence-electron chi connectivity index (χ1n) is 6.08. The number of carbonyl (C=O) groups is 1. The lowest BCUT2D eigenvalue weighted by Gasteiger charge is -2.35. The standard InChI is InChI=1S/C13H19N3O2/c1-9-7-11(8-10(2)12(9)14)15-3-5-16(6-4-15)13(17)18/h7-8H,3-6,14H2,1-2H3,(H,17,18). The van der Waals surface area contributed by atoms with Crippen molar-refractivity contribution in [3.8, 4) is 0 Å². The zero-order valence-electron chi connectivity index (χ0n) is 10.8. The predicted molar refractivity (Wildman–Crippen MR) is 72.1 cm³/mol. The largest absolute Gasteiger partial charge is 0.465 e. The molecule has 3 N–H and O–H groups in total. The summed E-state index contributed by atoms with van der Waals surface area (Å²) in [7, 11) is 0. The van der Waals surface area contributed by atoms with E-state index in [0.717, 1.165) is 35.6 Å². The number of nitrogens with zero attached hydrogens (tertiary/aromatic N) is 2. The van der Waals surface area contributed by atoms with Crippen molar-refractivity contribution in [3.05, 3.63) is 23.3 Å². The van der Waals surface area contributed by atoms with Crippen molar-refractivity contribution in [3.63, 3.8) is 0 Å². The fraction of sp³-hybridized carbons (Fsp3) is 0.462. The van der Waals surface area contributed by atoms with Crippen molar-refractivity contribution in [2.45, 2.75) is 13.8 Å². The predicted octanol–water partition coefficient (Wildman–Crippen LogP) is 1.69. The molecular weight excluding hydrogens is 230 g/mol. The van der Waals surface area contributed by atoms with Gasteiger partial charge in [0.2, 0.25) is 0 Å². The second kappa shape index (κ2) is 4.76. The van der Waals surface area contributed by atoms with Crippen LogP contribution in [0.1, 0.15) is 11.1 Å². The number of nitrogens with two attached hydrogens (primary N) is 1. The van der Waals surface area contributed by atoms with Crippen molar-refractivity contribution in [1.29, 1.82) is 0 Å². The fourth-order valence-electron chi connectivity index (χ4n) is 2.29. The Bertz CT molecular complexity index is 442. The van der Waals surface area contributed by atoms with Crippen LogP contribution in [0.3, 0.4) is 0 Å². The molecule has 1 saturated heterocycles. The Morgan fingerprint density at radius 3 is 2.11 bits per heavy atom. The van der Waals surface area contributed by atoms with Gasteiger partial charge < -0.3 is 20.6 Å². The lowest BCUT2D eigenvalue weighted by Crippen LogP contribution is -2.48. The van der Waals surface area contributed by atoms with Crippen molar-refractivity contribution >= 4 is 17.5 Å². The first-order valence-corrected chi connectivity index (χ1v) is 6.08. The van der Waals surface area contributed by atoms with E-state index in [1.807, 2.05) is 13.8 Å². The highest BCUT2D eigenvalue weighted by molar-refractivity contribution is 5.66. The number of benzene rings is 1. The van der Waals surface area contributed by atoms with Gasteiger partial charge in [-0.05, 0) is 37.1 Å². The molecule has 2 rings (SSSR count). The highest BCUT2D eigenvalue weighted by Crippen LogP contribution is 2.25. The molecule has 0 aromatic heterocycles. The van der Waals surface area contributed by atoms with E-state index in [9.17, 15) is 4.79 Å². The van der Waals surface area contributed by atoms with Gasteiger partial charge >= 0.3 is 6.09 Å². The molecule has 0 atom stereocenters. The van der Waals surface area contributed by atoms with Crippen LogP contribution < -0.4 is 10.6 Å². The summed E-state index contributed by atoms with van der Waals surface area (Å²) in [6.07, 6.45) is -0.834.